The first-order valence-corrected chi connectivity index (χ1v) is 13.1. The molecule has 0 unspecified atom stereocenters. The van der Waals surface area contributed by atoms with E-state index in [1.807, 2.05) is 42.5 Å². The van der Waals surface area contributed by atoms with Gasteiger partial charge in [-0.3, -0.25) is 0 Å². The van der Waals surface area contributed by atoms with Gasteiger partial charge in [-0.15, -0.1) is 0 Å². The zero-order chi connectivity index (χ0) is 26.1. The smallest absolute Gasteiger partial charge is 0.257 e. The number of pyridine rings is 1. The van der Waals surface area contributed by atoms with Crippen LogP contribution >= 0.6 is 0 Å². The van der Waals surface area contributed by atoms with Crippen LogP contribution in [0.4, 0.5) is 5.82 Å². The lowest BCUT2D eigenvalue weighted by molar-refractivity contribution is 0.276. The number of nitrogens with zero attached hydrogens (tertiary/aromatic N) is 4. The molecule has 0 atom stereocenters. The molecule has 194 valence electrons. The quantitative estimate of drug-likeness (QED) is 0.368. The van der Waals surface area contributed by atoms with Crippen molar-refractivity contribution in [3.63, 3.8) is 0 Å². The predicted octanol–water partition coefficient (Wildman–Crippen LogP) is 5.74. The van der Waals surface area contributed by atoms with Crippen molar-refractivity contribution in [2.75, 3.05) is 18.1 Å². The summed E-state index contributed by atoms with van der Waals surface area (Å²) in [4.78, 5) is 16.0. The van der Waals surface area contributed by atoms with Gasteiger partial charge in [-0.2, -0.15) is 0 Å². The Labute approximate surface area is 223 Å². The van der Waals surface area contributed by atoms with Crippen molar-refractivity contribution in [3.05, 3.63) is 89.5 Å². The second kappa shape index (κ2) is 9.97. The zero-order valence-electron chi connectivity index (χ0n) is 21.9. The van der Waals surface area contributed by atoms with Crippen molar-refractivity contribution >= 4 is 5.82 Å². The van der Waals surface area contributed by atoms with E-state index >= 15 is 0 Å². The van der Waals surface area contributed by atoms with Gasteiger partial charge >= 0.3 is 0 Å². The van der Waals surface area contributed by atoms with Crippen molar-refractivity contribution in [3.8, 4) is 28.5 Å². The fourth-order valence-electron chi connectivity index (χ4n) is 5.32. The van der Waals surface area contributed by atoms with Crippen LogP contribution in [0.1, 0.15) is 42.7 Å². The van der Waals surface area contributed by atoms with Crippen LogP contribution in [0, 0.1) is 5.41 Å². The van der Waals surface area contributed by atoms with E-state index in [4.69, 9.17) is 14.5 Å². The molecule has 0 fully saturated rings. The van der Waals surface area contributed by atoms with Crippen molar-refractivity contribution in [2.45, 2.75) is 46.3 Å². The van der Waals surface area contributed by atoms with Crippen LogP contribution in [0.15, 0.2) is 67.1 Å². The maximum atomic E-state index is 10.6. The highest BCUT2D eigenvalue weighted by atomic mass is 16.5. The molecule has 38 heavy (non-hydrogen) atoms. The van der Waals surface area contributed by atoms with Crippen LogP contribution in [0.3, 0.4) is 0 Å². The van der Waals surface area contributed by atoms with Gasteiger partial charge in [0.05, 0.1) is 6.54 Å². The van der Waals surface area contributed by atoms with Crippen LogP contribution in [-0.4, -0.2) is 33.2 Å². The molecule has 0 spiro atoms. The number of aromatic hydroxyl groups is 1. The molecular formula is C31H32N4O3. The molecule has 7 nitrogen and oxygen atoms in total. The molecule has 2 aliphatic rings. The molecule has 0 amide bonds. The Bertz CT molecular complexity index is 1460. The summed E-state index contributed by atoms with van der Waals surface area (Å²) in [6, 6.07) is 17.7. The first-order chi connectivity index (χ1) is 18.4. The Morgan fingerprint density at radius 2 is 1.89 bits per heavy atom. The van der Waals surface area contributed by atoms with Gasteiger partial charge in [0, 0.05) is 35.1 Å². The molecule has 0 saturated carbocycles. The highest BCUT2D eigenvalue weighted by molar-refractivity contribution is 5.67. The third-order valence-corrected chi connectivity index (χ3v) is 7.43. The minimum Gasteiger partial charge on any atom is -0.503 e. The van der Waals surface area contributed by atoms with Crippen molar-refractivity contribution in [2.24, 2.45) is 5.41 Å². The first kappa shape index (κ1) is 24.2. The van der Waals surface area contributed by atoms with Gasteiger partial charge < -0.3 is 19.5 Å². The molecule has 7 heteroatoms. The summed E-state index contributed by atoms with van der Waals surface area (Å²) in [5.74, 6) is 2.13. The maximum absolute atomic E-state index is 10.6. The molecule has 2 aromatic heterocycles. The zero-order valence-corrected chi connectivity index (χ0v) is 21.9. The molecule has 6 rings (SSSR count). The minimum absolute atomic E-state index is 0.0153. The van der Waals surface area contributed by atoms with Crippen LogP contribution in [0.5, 0.6) is 17.4 Å². The number of anilines is 1. The number of aryl methyl sites for hydroxylation is 1. The van der Waals surface area contributed by atoms with Gasteiger partial charge in [-0.1, -0.05) is 50.2 Å². The first-order valence-electron chi connectivity index (χ1n) is 13.1. The van der Waals surface area contributed by atoms with E-state index in [-0.39, 0.29) is 17.0 Å². The second-order valence-corrected chi connectivity index (χ2v) is 10.9. The van der Waals surface area contributed by atoms with Crippen LogP contribution in [0.25, 0.3) is 11.1 Å². The van der Waals surface area contributed by atoms with E-state index in [1.54, 1.807) is 18.6 Å². The van der Waals surface area contributed by atoms with E-state index in [1.165, 1.54) is 11.3 Å². The average molecular weight is 509 g/mol. The van der Waals surface area contributed by atoms with E-state index in [2.05, 4.69) is 34.8 Å². The number of fused-ring (bicyclic) bond motifs is 2. The Balaban J connectivity index is 1.25. The van der Waals surface area contributed by atoms with Gasteiger partial charge in [0.15, 0.2) is 5.75 Å². The largest absolute Gasteiger partial charge is 0.503 e. The molecule has 0 bridgehead atoms. The lowest BCUT2D eigenvalue weighted by Gasteiger charge is -2.33. The maximum Gasteiger partial charge on any atom is 0.257 e. The van der Waals surface area contributed by atoms with E-state index < -0.39 is 0 Å². The normalized spacial score (nSPS) is 16.1. The number of rotatable bonds is 5. The third kappa shape index (κ3) is 5.01. The Morgan fingerprint density at radius 3 is 2.74 bits per heavy atom. The lowest BCUT2D eigenvalue weighted by atomic mass is 9.76. The number of hydrogen-bond donors (Lipinski definition) is 1. The van der Waals surface area contributed by atoms with Crippen molar-refractivity contribution < 1.29 is 14.6 Å². The van der Waals surface area contributed by atoms with Gasteiger partial charge in [-0.05, 0) is 54.0 Å². The standard InChI is InChI=1S/C31H32N4O3/c1-31(2)11-10-26-25(16-31)29(34-20-33-26)35-12-13-37-28-9-8-22(14-24(28)18-35)23-15-27(36)30(32-17-23)38-19-21-6-4-3-5-7-21/h3-9,14-15,17,20,36H,10-13,16,18-19H2,1-2H3. The van der Waals surface area contributed by atoms with Crippen LogP contribution in [-0.2, 0) is 26.0 Å². The summed E-state index contributed by atoms with van der Waals surface area (Å²) >= 11 is 0. The summed E-state index contributed by atoms with van der Waals surface area (Å²) in [6.45, 7) is 7.01. The SMILES string of the molecule is CC1(C)CCc2ncnc(N3CCOc4ccc(-c5cnc(OCc6ccccc6)c(O)c5)cc4C3)c2C1. The molecule has 2 aromatic carbocycles. The van der Waals surface area contributed by atoms with Crippen molar-refractivity contribution in [1.29, 1.82) is 0 Å². The summed E-state index contributed by atoms with van der Waals surface area (Å²) in [7, 11) is 0. The molecule has 0 saturated heterocycles. The Kier molecular flexibility index (Phi) is 6.35. The number of ether oxygens (including phenoxy) is 2. The average Bonchev–Trinajstić information content (AvgIpc) is 3.14. The molecule has 3 heterocycles. The van der Waals surface area contributed by atoms with Crippen LogP contribution < -0.4 is 14.4 Å². The van der Waals surface area contributed by atoms with E-state index in [0.717, 1.165) is 59.6 Å². The summed E-state index contributed by atoms with van der Waals surface area (Å²) in [5, 5.41) is 10.6. The number of benzene rings is 2. The molecule has 4 aromatic rings. The highest BCUT2D eigenvalue weighted by Gasteiger charge is 2.30. The number of hydrogen-bond acceptors (Lipinski definition) is 7. The molecule has 1 aliphatic carbocycles. The van der Waals surface area contributed by atoms with Crippen LogP contribution in [0.2, 0.25) is 0 Å². The van der Waals surface area contributed by atoms with Crippen molar-refractivity contribution in [1.82, 2.24) is 15.0 Å². The summed E-state index contributed by atoms with van der Waals surface area (Å²) < 4.78 is 11.9. The Morgan fingerprint density at radius 1 is 1.03 bits per heavy atom. The highest BCUT2D eigenvalue weighted by Crippen LogP contribution is 2.39. The fourth-order valence-corrected chi connectivity index (χ4v) is 5.32. The summed E-state index contributed by atoms with van der Waals surface area (Å²) in [5.41, 5.74) is 6.54. The fraction of sp³-hybridized carbons (Fsp3) is 0.323. The third-order valence-electron chi connectivity index (χ3n) is 7.43. The number of aromatic nitrogens is 3. The van der Waals surface area contributed by atoms with E-state index in [0.29, 0.717) is 19.8 Å². The summed E-state index contributed by atoms with van der Waals surface area (Å²) in [6.07, 6.45) is 6.55. The van der Waals surface area contributed by atoms with Gasteiger partial charge in [0.1, 0.15) is 31.1 Å². The van der Waals surface area contributed by atoms with Gasteiger partial charge in [0.2, 0.25) is 0 Å². The molecule has 0 radical (unpaired) electrons. The predicted molar refractivity (Wildman–Crippen MR) is 146 cm³/mol. The lowest BCUT2D eigenvalue weighted by Crippen LogP contribution is -2.31. The topological polar surface area (TPSA) is 80.6 Å². The molecular weight excluding hydrogens is 476 g/mol. The van der Waals surface area contributed by atoms with Gasteiger partial charge in [-0.25, -0.2) is 15.0 Å². The minimum atomic E-state index is 0.0153. The molecule has 1 N–H and O–H groups in total. The monoisotopic (exact) mass is 508 g/mol. The Hall–Kier alpha value is -4.13. The van der Waals surface area contributed by atoms with Gasteiger partial charge in [0.25, 0.3) is 5.88 Å². The van der Waals surface area contributed by atoms with E-state index in [9.17, 15) is 5.11 Å². The second-order valence-electron chi connectivity index (χ2n) is 10.9. The molecule has 1 aliphatic heterocycles.